The third-order valence-electron chi connectivity index (χ3n) is 5.09. The number of tetrazole rings is 1. The van der Waals surface area contributed by atoms with Crippen LogP contribution in [0.15, 0.2) is 54.6 Å². The van der Waals surface area contributed by atoms with E-state index in [0.717, 1.165) is 34.7 Å². The third-order valence-corrected chi connectivity index (χ3v) is 5.09. The topological polar surface area (TPSA) is 48.0 Å². The fourth-order valence-corrected chi connectivity index (χ4v) is 3.57. The van der Waals surface area contributed by atoms with Crippen LogP contribution in [-0.4, -0.2) is 26.8 Å². The zero-order valence-electron chi connectivity index (χ0n) is 17.6. The number of alkyl halides is 3. The molecule has 3 rings (SSSR count). The number of hydrogen-bond acceptors (Lipinski definition) is 3. The zero-order chi connectivity index (χ0) is 21.9. The standard InChI is InChI=1S/C22H26F3N5/c1-5-29(15-16-9-7-6-8-10-16)19(20-26-27-28-30(20)21(2,3)4)17-11-13-18(14-12-17)22(23,24)25/h6-14,19H,5,15H2,1-4H3/p+1/t19-/m0/s1. The van der Waals surface area contributed by atoms with Gasteiger partial charge in [0.05, 0.1) is 17.6 Å². The molecule has 0 saturated carbocycles. The largest absolute Gasteiger partial charge is 0.416 e. The number of halogens is 3. The SMILES string of the molecule is CC[NH+](Cc1ccccc1)[C@@H](c1ccc(C(F)(F)F)cc1)c1nnnn1C(C)(C)C. The fourth-order valence-electron chi connectivity index (χ4n) is 3.57. The van der Waals surface area contributed by atoms with Crippen molar-refractivity contribution in [1.82, 2.24) is 20.2 Å². The molecule has 160 valence electrons. The van der Waals surface area contributed by atoms with Gasteiger partial charge in [-0.1, -0.05) is 42.5 Å². The third kappa shape index (κ3) is 4.87. The van der Waals surface area contributed by atoms with Crippen LogP contribution >= 0.6 is 0 Å². The maximum atomic E-state index is 13.1. The van der Waals surface area contributed by atoms with E-state index in [9.17, 15) is 13.2 Å². The van der Waals surface area contributed by atoms with Gasteiger partial charge in [0.25, 0.3) is 0 Å². The molecule has 0 radical (unpaired) electrons. The van der Waals surface area contributed by atoms with Crippen molar-refractivity contribution in [2.45, 2.75) is 52.0 Å². The van der Waals surface area contributed by atoms with Gasteiger partial charge in [0.1, 0.15) is 6.54 Å². The summed E-state index contributed by atoms with van der Waals surface area (Å²) < 4.78 is 41.0. The van der Waals surface area contributed by atoms with Gasteiger partial charge in [0, 0.05) is 11.1 Å². The van der Waals surface area contributed by atoms with Gasteiger partial charge in [0.2, 0.25) is 5.82 Å². The lowest BCUT2D eigenvalue weighted by Crippen LogP contribution is -3.11. The van der Waals surface area contributed by atoms with Gasteiger partial charge < -0.3 is 4.90 Å². The Bertz CT molecular complexity index is 943. The molecule has 1 unspecified atom stereocenters. The molecule has 1 aromatic heterocycles. The molecule has 0 aliphatic heterocycles. The lowest BCUT2D eigenvalue weighted by atomic mass is 10.00. The average molecular weight is 418 g/mol. The van der Waals surface area contributed by atoms with Gasteiger partial charge in [-0.2, -0.15) is 13.2 Å². The van der Waals surface area contributed by atoms with Crippen molar-refractivity contribution >= 4 is 0 Å². The summed E-state index contributed by atoms with van der Waals surface area (Å²) in [6, 6.07) is 15.0. The van der Waals surface area contributed by atoms with E-state index in [1.54, 1.807) is 4.68 Å². The van der Waals surface area contributed by atoms with Crippen molar-refractivity contribution in [1.29, 1.82) is 0 Å². The quantitative estimate of drug-likeness (QED) is 0.665. The summed E-state index contributed by atoms with van der Waals surface area (Å²) >= 11 is 0. The summed E-state index contributed by atoms with van der Waals surface area (Å²) in [4.78, 5) is 1.14. The van der Waals surface area contributed by atoms with Crippen molar-refractivity contribution < 1.29 is 18.1 Å². The molecule has 5 nitrogen and oxygen atoms in total. The van der Waals surface area contributed by atoms with Crippen molar-refractivity contribution in [2.75, 3.05) is 6.54 Å². The number of nitrogens with zero attached hydrogens (tertiary/aromatic N) is 4. The van der Waals surface area contributed by atoms with Gasteiger partial charge in [0.15, 0.2) is 6.04 Å². The molecule has 0 aliphatic carbocycles. The Balaban J connectivity index is 2.08. The average Bonchev–Trinajstić information content (AvgIpc) is 3.18. The summed E-state index contributed by atoms with van der Waals surface area (Å²) in [6.07, 6.45) is -4.37. The molecule has 0 bridgehead atoms. The number of rotatable bonds is 6. The van der Waals surface area contributed by atoms with E-state index >= 15 is 0 Å². The predicted octanol–water partition coefficient (Wildman–Crippen LogP) is 3.64. The van der Waals surface area contributed by atoms with Gasteiger partial charge in [-0.3, -0.25) is 0 Å². The maximum absolute atomic E-state index is 13.1. The van der Waals surface area contributed by atoms with E-state index in [2.05, 4.69) is 22.4 Å². The van der Waals surface area contributed by atoms with E-state index in [4.69, 9.17) is 0 Å². The summed E-state index contributed by atoms with van der Waals surface area (Å²) in [7, 11) is 0. The van der Waals surface area contributed by atoms with Crippen molar-refractivity contribution in [3.63, 3.8) is 0 Å². The first-order valence-corrected chi connectivity index (χ1v) is 9.95. The molecule has 2 aromatic carbocycles. The minimum Gasteiger partial charge on any atom is -0.319 e. The molecule has 0 amide bonds. The highest BCUT2D eigenvalue weighted by Gasteiger charge is 2.35. The van der Waals surface area contributed by atoms with E-state index in [1.165, 1.54) is 12.1 Å². The monoisotopic (exact) mass is 418 g/mol. The van der Waals surface area contributed by atoms with Gasteiger partial charge in [-0.05, 0) is 50.3 Å². The van der Waals surface area contributed by atoms with E-state index in [-0.39, 0.29) is 11.6 Å². The second-order valence-electron chi connectivity index (χ2n) is 8.35. The maximum Gasteiger partial charge on any atom is 0.416 e. The predicted molar refractivity (Wildman–Crippen MR) is 108 cm³/mol. The minimum atomic E-state index is -4.37. The van der Waals surface area contributed by atoms with E-state index in [0.29, 0.717) is 12.4 Å². The van der Waals surface area contributed by atoms with Crippen molar-refractivity contribution in [2.24, 2.45) is 0 Å². The molecular weight excluding hydrogens is 391 g/mol. The highest BCUT2D eigenvalue weighted by molar-refractivity contribution is 5.29. The van der Waals surface area contributed by atoms with Crippen LogP contribution < -0.4 is 4.90 Å². The molecule has 8 heteroatoms. The Hall–Kier alpha value is -2.74. The smallest absolute Gasteiger partial charge is 0.319 e. The number of hydrogen-bond donors (Lipinski definition) is 1. The van der Waals surface area contributed by atoms with Crippen LogP contribution in [0.4, 0.5) is 13.2 Å². The Labute approximate surface area is 174 Å². The normalized spacial score (nSPS) is 14.5. The Morgan fingerprint density at radius 1 is 0.967 bits per heavy atom. The summed E-state index contributed by atoms with van der Waals surface area (Å²) in [5, 5.41) is 12.4. The summed E-state index contributed by atoms with van der Waals surface area (Å²) in [6.45, 7) is 9.50. The molecule has 1 heterocycles. The van der Waals surface area contributed by atoms with E-state index in [1.807, 2.05) is 51.1 Å². The van der Waals surface area contributed by atoms with Crippen LogP contribution in [-0.2, 0) is 18.3 Å². The highest BCUT2D eigenvalue weighted by Crippen LogP contribution is 2.30. The molecule has 1 N–H and O–H groups in total. The summed E-state index contributed by atoms with van der Waals surface area (Å²) in [5.41, 5.74) is 0.854. The van der Waals surface area contributed by atoms with Crippen LogP contribution in [0, 0.1) is 0 Å². The van der Waals surface area contributed by atoms with Crippen LogP contribution in [0.5, 0.6) is 0 Å². The summed E-state index contributed by atoms with van der Waals surface area (Å²) in [5.74, 6) is 0.634. The van der Waals surface area contributed by atoms with Gasteiger partial charge in [-0.25, -0.2) is 4.68 Å². The molecule has 0 saturated heterocycles. The Morgan fingerprint density at radius 2 is 1.60 bits per heavy atom. The first-order valence-electron chi connectivity index (χ1n) is 9.95. The second kappa shape index (κ2) is 8.55. The zero-order valence-corrected chi connectivity index (χ0v) is 17.6. The first kappa shape index (κ1) is 22.0. The molecule has 2 atom stereocenters. The van der Waals surface area contributed by atoms with Crippen molar-refractivity contribution in [3.8, 4) is 0 Å². The molecular formula is C22H27F3N5+. The fraction of sp³-hybridized carbons (Fsp3) is 0.409. The molecule has 0 aliphatic rings. The Kier molecular flexibility index (Phi) is 6.26. The first-order chi connectivity index (χ1) is 14.1. The molecule has 3 aromatic rings. The number of nitrogens with one attached hydrogen (secondary N) is 1. The number of benzene rings is 2. The number of aromatic nitrogens is 4. The molecule has 0 spiro atoms. The van der Waals surface area contributed by atoms with Crippen LogP contribution in [0.1, 0.15) is 56.3 Å². The molecule has 0 fully saturated rings. The van der Waals surface area contributed by atoms with Crippen molar-refractivity contribution in [3.05, 3.63) is 77.1 Å². The molecule has 30 heavy (non-hydrogen) atoms. The Morgan fingerprint density at radius 3 is 2.13 bits per heavy atom. The van der Waals surface area contributed by atoms with Gasteiger partial charge >= 0.3 is 6.18 Å². The van der Waals surface area contributed by atoms with Gasteiger partial charge in [-0.15, -0.1) is 5.10 Å². The lowest BCUT2D eigenvalue weighted by Gasteiger charge is -2.30. The van der Waals surface area contributed by atoms with E-state index < -0.39 is 11.7 Å². The van der Waals surface area contributed by atoms with Crippen LogP contribution in [0.2, 0.25) is 0 Å². The van der Waals surface area contributed by atoms with Crippen LogP contribution in [0.3, 0.4) is 0 Å². The lowest BCUT2D eigenvalue weighted by molar-refractivity contribution is -0.938. The number of quaternary nitrogens is 1. The highest BCUT2D eigenvalue weighted by atomic mass is 19.4. The minimum absolute atomic E-state index is 0.313. The second-order valence-corrected chi connectivity index (χ2v) is 8.35. The van der Waals surface area contributed by atoms with Crippen LogP contribution in [0.25, 0.3) is 0 Å².